The second kappa shape index (κ2) is 23.6. The lowest BCUT2D eigenvalue weighted by Gasteiger charge is -2.66. The van der Waals surface area contributed by atoms with Gasteiger partial charge in [0.1, 0.15) is 72.7 Å². The predicted octanol–water partition coefficient (Wildman–Crippen LogP) is 1.50. The normalized spacial score (nSPS) is 51.4. The highest BCUT2D eigenvalue weighted by atomic mass is 16.8. The van der Waals surface area contributed by atoms with Crippen molar-refractivity contribution in [3.63, 3.8) is 0 Å². The summed E-state index contributed by atoms with van der Waals surface area (Å²) in [7, 11) is 2.87. The number of rotatable bonds is 16. The molecular weight excluding hydrogens is 1000 g/mol. The van der Waals surface area contributed by atoms with Gasteiger partial charge in [-0.25, -0.2) is 0 Å². The van der Waals surface area contributed by atoms with Gasteiger partial charge in [0.2, 0.25) is 0 Å². The van der Waals surface area contributed by atoms with E-state index in [1.807, 2.05) is 20.8 Å². The zero-order valence-corrected chi connectivity index (χ0v) is 46.2. The Morgan fingerprint density at radius 2 is 1.32 bits per heavy atom. The minimum atomic E-state index is -1.68. The second-order valence-electron chi connectivity index (χ2n) is 24.1. The van der Waals surface area contributed by atoms with Crippen LogP contribution in [0.1, 0.15) is 133 Å². The van der Waals surface area contributed by atoms with Crippen molar-refractivity contribution in [2.24, 2.45) is 34.5 Å². The lowest BCUT2D eigenvalue weighted by molar-refractivity contribution is -0.373. The molecule has 22 heteroatoms. The number of ether oxygens (including phenoxy) is 12. The number of aliphatic hydroxyl groups excluding tert-OH is 6. The summed E-state index contributed by atoms with van der Waals surface area (Å²) in [5, 5.41) is 89.6. The van der Waals surface area contributed by atoms with Crippen molar-refractivity contribution in [2.45, 2.75) is 273 Å². The monoisotopic (exact) mass is 1090 g/mol. The van der Waals surface area contributed by atoms with Crippen LogP contribution in [0, 0.1) is 34.5 Å². The van der Waals surface area contributed by atoms with Gasteiger partial charge in [0.05, 0.1) is 60.2 Å². The van der Waals surface area contributed by atoms with Crippen molar-refractivity contribution < 1.29 is 107 Å². The molecule has 0 amide bonds. The Kier molecular flexibility index (Phi) is 18.7. The third-order valence-electron chi connectivity index (χ3n) is 20.0. The summed E-state index contributed by atoms with van der Waals surface area (Å²) < 4.78 is 73.3. The van der Waals surface area contributed by atoms with Crippen LogP contribution >= 0.6 is 0 Å². The van der Waals surface area contributed by atoms with E-state index in [4.69, 9.17) is 56.8 Å². The van der Waals surface area contributed by atoms with E-state index < -0.39 is 158 Å². The largest absolute Gasteiger partial charge is 0.462 e. The van der Waals surface area contributed by atoms with Gasteiger partial charge in [-0.3, -0.25) is 9.59 Å². The Morgan fingerprint density at radius 1 is 0.671 bits per heavy atom. The third kappa shape index (κ3) is 10.8. The second-order valence-corrected chi connectivity index (χ2v) is 24.1. The summed E-state index contributed by atoms with van der Waals surface area (Å²) in [4.78, 5) is 25.8. The first-order valence-electron chi connectivity index (χ1n) is 27.9. The Hall–Kier alpha value is -1.78. The van der Waals surface area contributed by atoms with E-state index in [0.29, 0.717) is 25.7 Å². The number of methoxy groups -OCH3 is 2. The molecular formula is C54H90O22. The van der Waals surface area contributed by atoms with Crippen LogP contribution in [0.4, 0.5) is 0 Å². The number of hydrogen-bond acceptors (Lipinski definition) is 22. The lowest BCUT2D eigenvalue weighted by atomic mass is 9.42. The van der Waals surface area contributed by atoms with Crippen LogP contribution in [0.25, 0.3) is 0 Å². The smallest absolute Gasteiger partial charge is 0.309 e. The van der Waals surface area contributed by atoms with Crippen LogP contribution in [0.5, 0.6) is 0 Å². The number of carbonyl (C=O) groups excluding carboxylic acids is 2. The van der Waals surface area contributed by atoms with Crippen LogP contribution in [0.15, 0.2) is 0 Å². The van der Waals surface area contributed by atoms with Gasteiger partial charge in [0.15, 0.2) is 25.2 Å². The molecule has 22 nitrogen and oxygen atoms in total. The Labute approximate surface area is 446 Å². The van der Waals surface area contributed by atoms with Crippen molar-refractivity contribution in [3.8, 4) is 0 Å². The predicted molar refractivity (Wildman–Crippen MR) is 263 cm³/mol. The van der Waals surface area contributed by atoms with Gasteiger partial charge >= 0.3 is 11.9 Å². The highest BCUT2D eigenvalue weighted by Gasteiger charge is 2.77. The van der Waals surface area contributed by atoms with Gasteiger partial charge in [-0.15, -0.1) is 0 Å². The Balaban J connectivity index is 0.847. The van der Waals surface area contributed by atoms with Crippen molar-refractivity contribution in [3.05, 3.63) is 0 Å². The SMILES string of the molecule is CC[C@@H](C)C(=O)O[C@@H](C)[C@]1(O)CC[C@]2(O)[C@@H]3CC[C@H]4C[C@@H](O[C@H]5C[C@H](O)[C@H](O[C@H]6C[C@@H](OC)[C@H](O[C@@H]7O[C@H](C)[C@@H](O[C@@H]8O[C@H](CO)[C@@H](O)[C@H](O)[C@H]8O)[C@H](OC)[C@H]7O)[C@@H](C)O6)[C@@H](C)O5)CC[C@]4(C)[C@H]3C[C@@H](OC(C)=O)[C@]12C. The maximum atomic E-state index is 13.1. The molecule has 8 aliphatic rings. The summed E-state index contributed by atoms with van der Waals surface area (Å²) in [6, 6.07) is 0. The van der Waals surface area contributed by atoms with Gasteiger partial charge in [-0.05, 0) is 109 Å². The first-order valence-corrected chi connectivity index (χ1v) is 27.9. The molecule has 8 fully saturated rings. The fourth-order valence-corrected chi connectivity index (χ4v) is 15.2. The zero-order valence-electron chi connectivity index (χ0n) is 46.2. The molecule has 4 heterocycles. The molecule has 4 aliphatic heterocycles. The molecule has 4 saturated heterocycles. The van der Waals surface area contributed by atoms with Crippen LogP contribution in [0.2, 0.25) is 0 Å². The molecule has 4 aliphatic carbocycles. The molecule has 0 aromatic carbocycles. The van der Waals surface area contributed by atoms with Gasteiger partial charge in [0, 0.05) is 34.0 Å². The molecule has 76 heavy (non-hydrogen) atoms. The van der Waals surface area contributed by atoms with Crippen molar-refractivity contribution >= 4 is 11.9 Å². The molecule has 8 rings (SSSR count). The van der Waals surface area contributed by atoms with Crippen LogP contribution in [0.3, 0.4) is 0 Å². The first kappa shape index (κ1) is 60.3. The minimum Gasteiger partial charge on any atom is -0.462 e. The first-order chi connectivity index (χ1) is 35.8. The number of fused-ring (bicyclic) bond motifs is 5. The lowest BCUT2D eigenvalue weighted by Crippen LogP contribution is -2.72. The summed E-state index contributed by atoms with van der Waals surface area (Å²) in [6.07, 6.45) is -15.5. The third-order valence-corrected chi connectivity index (χ3v) is 20.0. The van der Waals surface area contributed by atoms with Gasteiger partial charge < -0.3 is 97.7 Å². The standard InChI is InChI=1S/C54H90O22/c1-12-24(2)48(62)70-28(6)53(63)17-18-54(64)32-14-13-30-19-31(15-16-51(30,8)33(32)20-37(52(53,54)9)71-29(7)56)72-38-21-34(57)44(25(3)67-38)74-39-22-35(65-10)45(26(4)68-39)75-50-43(61)47(66-11)46(27(5)69-50)76-49-42(60)41(59)40(58)36(23-55)73-49/h24-28,30-47,49-50,55,57-61,63-64H,12-23H2,1-11H3/t24-,25-,26-,27-,28+,30+,31+,32-,33+,34+,35-,36-,37-,38+,39+,40-,41+,42-,43-,44-,45-,46-,47-,49+,50+,51+,52-,53-,54+/m1/s1. The number of esters is 2. The summed E-state index contributed by atoms with van der Waals surface area (Å²) in [5.41, 5.74) is -4.57. The molecule has 4 saturated carbocycles. The molecule has 8 N–H and O–H groups in total. The molecule has 0 radical (unpaired) electrons. The number of hydrogen-bond donors (Lipinski definition) is 8. The van der Waals surface area contributed by atoms with E-state index in [-0.39, 0.29) is 60.9 Å². The molecule has 438 valence electrons. The van der Waals surface area contributed by atoms with Gasteiger partial charge in [-0.1, -0.05) is 27.7 Å². The zero-order chi connectivity index (χ0) is 55.6. The van der Waals surface area contributed by atoms with E-state index in [1.54, 1.807) is 27.7 Å². The molecule has 0 aromatic rings. The van der Waals surface area contributed by atoms with Gasteiger partial charge in [-0.2, -0.15) is 0 Å². The summed E-state index contributed by atoms with van der Waals surface area (Å²) in [5.74, 6) is -1.25. The average molecular weight is 1090 g/mol. The Bertz CT molecular complexity index is 1950. The minimum absolute atomic E-state index is 0.0208. The fourth-order valence-electron chi connectivity index (χ4n) is 15.2. The van der Waals surface area contributed by atoms with E-state index in [2.05, 4.69) is 6.92 Å². The van der Waals surface area contributed by atoms with Gasteiger partial charge in [0.25, 0.3) is 0 Å². The number of carbonyl (C=O) groups is 2. The average Bonchev–Trinajstić information content (AvgIpc) is 3.87. The van der Waals surface area contributed by atoms with Crippen LogP contribution in [-0.2, 0) is 66.4 Å². The summed E-state index contributed by atoms with van der Waals surface area (Å²) >= 11 is 0. The molecule has 0 aromatic heterocycles. The van der Waals surface area contributed by atoms with Crippen molar-refractivity contribution in [2.75, 3.05) is 20.8 Å². The van der Waals surface area contributed by atoms with Crippen molar-refractivity contribution in [1.29, 1.82) is 0 Å². The Morgan fingerprint density at radius 3 is 1.95 bits per heavy atom. The van der Waals surface area contributed by atoms with Crippen LogP contribution in [-0.4, -0.2) is 214 Å². The van der Waals surface area contributed by atoms with Crippen LogP contribution < -0.4 is 0 Å². The van der Waals surface area contributed by atoms with E-state index in [0.717, 1.165) is 19.3 Å². The molecule has 0 bridgehead atoms. The maximum absolute atomic E-state index is 13.1. The van der Waals surface area contributed by atoms with Crippen molar-refractivity contribution in [1.82, 2.24) is 0 Å². The van der Waals surface area contributed by atoms with E-state index in [1.165, 1.54) is 21.1 Å². The molecule has 0 spiro atoms. The van der Waals surface area contributed by atoms with E-state index >= 15 is 0 Å². The topological polar surface area (TPSA) is 307 Å². The highest BCUT2D eigenvalue weighted by molar-refractivity contribution is 5.72. The van der Waals surface area contributed by atoms with E-state index in [9.17, 15) is 50.4 Å². The number of aliphatic hydroxyl groups is 8. The summed E-state index contributed by atoms with van der Waals surface area (Å²) in [6.45, 7) is 15.4. The highest BCUT2D eigenvalue weighted by Crippen LogP contribution is 2.71. The molecule has 0 unspecified atom stereocenters. The maximum Gasteiger partial charge on any atom is 0.309 e. The molecule has 29 atom stereocenters. The fraction of sp³-hybridized carbons (Fsp3) is 0.963. The quantitative estimate of drug-likeness (QED) is 0.0802.